The van der Waals surface area contributed by atoms with Gasteiger partial charge in [0.25, 0.3) is 5.91 Å². The van der Waals surface area contributed by atoms with Crippen molar-refractivity contribution in [1.29, 1.82) is 0 Å². The van der Waals surface area contributed by atoms with Crippen molar-refractivity contribution >= 4 is 23.3 Å². The first-order chi connectivity index (χ1) is 13.7. The van der Waals surface area contributed by atoms with E-state index in [1.54, 1.807) is 11.9 Å². The van der Waals surface area contributed by atoms with Gasteiger partial charge in [-0.05, 0) is 39.5 Å². The van der Waals surface area contributed by atoms with Crippen LogP contribution in [0.25, 0.3) is 10.6 Å². The summed E-state index contributed by atoms with van der Waals surface area (Å²) in [6, 6.07) is 9.89. The first-order valence-electron chi connectivity index (χ1n) is 9.97. The lowest BCUT2D eigenvalue weighted by Crippen LogP contribution is -2.45. The second kappa shape index (κ2) is 8.95. The van der Waals surface area contributed by atoms with Crippen LogP contribution in [0, 0.1) is 5.92 Å². The number of piperidine rings is 1. The fourth-order valence-corrected chi connectivity index (χ4v) is 4.25. The third kappa shape index (κ3) is 5.79. The smallest absolute Gasteiger partial charge is 0.410 e. The lowest BCUT2D eigenvalue weighted by molar-refractivity contribution is 0.0244. The third-order valence-corrected chi connectivity index (χ3v) is 5.68. The quantitative estimate of drug-likeness (QED) is 0.736. The highest BCUT2D eigenvalue weighted by Crippen LogP contribution is 2.25. The molecule has 1 aliphatic rings. The Kier molecular flexibility index (Phi) is 6.57. The number of benzene rings is 1. The van der Waals surface area contributed by atoms with Crippen LogP contribution < -0.4 is 0 Å². The van der Waals surface area contributed by atoms with Crippen molar-refractivity contribution in [3.05, 3.63) is 41.4 Å². The number of likely N-dealkylation sites (tertiary alicyclic amines) is 1. The molecular formula is C22H29N3O3S. The van der Waals surface area contributed by atoms with Crippen molar-refractivity contribution in [3.63, 3.8) is 0 Å². The lowest BCUT2D eigenvalue weighted by Gasteiger charge is -2.34. The van der Waals surface area contributed by atoms with E-state index in [1.807, 2.05) is 61.4 Å². The molecule has 0 spiro atoms. The molecule has 2 aromatic rings. The summed E-state index contributed by atoms with van der Waals surface area (Å²) in [5.41, 5.74) is 1.00. The highest BCUT2D eigenvalue weighted by Gasteiger charge is 2.28. The van der Waals surface area contributed by atoms with E-state index in [1.165, 1.54) is 11.3 Å². The van der Waals surface area contributed by atoms with E-state index in [0.717, 1.165) is 30.0 Å². The van der Waals surface area contributed by atoms with Gasteiger partial charge in [-0.2, -0.15) is 0 Å². The topological polar surface area (TPSA) is 62.7 Å². The highest BCUT2D eigenvalue weighted by molar-refractivity contribution is 7.13. The molecule has 0 aliphatic carbocycles. The molecule has 1 atom stereocenters. The van der Waals surface area contributed by atoms with Gasteiger partial charge in [-0.15, -0.1) is 11.3 Å². The number of nitrogens with zero attached hydrogens (tertiary/aromatic N) is 3. The molecule has 0 unspecified atom stereocenters. The number of rotatable bonds is 4. The number of ether oxygens (including phenoxy) is 1. The lowest BCUT2D eigenvalue weighted by atomic mass is 9.97. The van der Waals surface area contributed by atoms with Gasteiger partial charge in [0.2, 0.25) is 0 Å². The van der Waals surface area contributed by atoms with Crippen molar-refractivity contribution < 1.29 is 14.3 Å². The molecule has 1 aromatic carbocycles. The standard InChI is InChI=1S/C22H29N3O3S/c1-22(2,3)28-21(27)24(4)13-16-9-8-12-25(14-16)20(26)18-15-29-19(23-18)17-10-6-5-7-11-17/h5-7,10-11,15-16H,8-9,12-14H2,1-4H3/t16-/m0/s1. The molecule has 1 fully saturated rings. The summed E-state index contributed by atoms with van der Waals surface area (Å²) in [5.74, 6) is 0.200. The first-order valence-corrected chi connectivity index (χ1v) is 10.9. The third-order valence-electron chi connectivity index (χ3n) is 4.79. The van der Waals surface area contributed by atoms with E-state index in [0.29, 0.717) is 18.8 Å². The van der Waals surface area contributed by atoms with Crippen LogP contribution in [-0.4, -0.2) is 59.1 Å². The van der Waals surface area contributed by atoms with Gasteiger partial charge in [0.05, 0.1) is 0 Å². The summed E-state index contributed by atoms with van der Waals surface area (Å²) in [7, 11) is 1.75. The van der Waals surface area contributed by atoms with Crippen molar-refractivity contribution in [1.82, 2.24) is 14.8 Å². The van der Waals surface area contributed by atoms with E-state index in [9.17, 15) is 9.59 Å². The zero-order chi connectivity index (χ0) is 21.0. The van der Waals surface area contributed by atoms with Crippen molar-refractivity contribution in [3.8, 4) is 10.6 Å². The predicted molar refractivity (Wildman–Crippen MR) is 115 cm³/mol. The SMILES string of the molecule is CN(C[C@@H]1CCCN(C(=O)c2csc(-c3ccccc3)n2)C1)C(=O)OC(C)(C)C. The van der Waals surface area contributed by atoms with Crippen LogP contribution in [0.5, 0.6) is 0 Å². The molecule has 156 valence electrons. The van der Waals surface area contributed by atoms with Crippen LogP contribution in [0.1, 0.15) is 44.1 Å². The van der Waals surface area contributed by atoms with Crippen molar-refractivity contribution in [2.75, 3.05) is 26.7 Å². The Morgan fingerprint density at radius 3 is 2.69 bits per heavy atom. The minimum Gasteiger partial charge on any atom is -0.444 e. The van der Waals surface area contributed by atoms with Gasteiger partial charge >= 0.3 is 6.09 Å². The number of carbonyl (C=O) groups is 2. The number of thiazole rings is 1. The Balaban J connectivity index is 1.60. The molecule has 1 aromatic heterocycles. The van der Waals surface area contributed by atoms with E-state index in [2.05, 4.69) is 4.98 Å². The normalized spacial score (nSPS) is 17.1. The first kappa shape index (κ1) is 21.3. The van der Waals surface area contributed by atoms with Gasteiger partial charge in [0.1, 0.15) is 16.3 Å². The molecule has 6 nitrogen and oxygen atoms in total. The average Bonchev–Trinajstić information content (AvgIpc) is 3.17. The number of amides is 2. The number of carbonyl (C=O) groups excluding carboxylic acids is 2. The molecule has 0 saturated carbocycles. The second-order valence-corrected chi connectivity index (χ2v) is 9.38. The Bertz CT molecular complexity index is 844. The van der Waals surface area contributed by atoms with Crippen LogP contribution in [0.3, 0.4) is 0 Å². The van der Waals surface area contributed by atoms with Gasteiger partial charge in [0, 0.05) is 37.6 Å². The van der Waals surface area contributed by atoms with E-state index in [4.69, 9.17) is 4.74 Å². The molecular weight excluding hydrogens is 386 g/mol. The Morgan fingerprint density at radius 1 is 1.28 bits per heavy atom. The monoisotopic (exact) mass is 415 g/mol. The average molecular weight is 416 g/mol. The van der Waals surface area contributed by atoms with Crippen LogP contribution in [-0.2, 0) is 4.74 Å². The van der Waals surface area contributed by atoms with Crippen LogP contribution in [0.15, 0.2) is 35.7 Å². The molecule has 1 saturated heterocycles. The maximum atomic E-state index is 13.0. The van der Waals surface area contributed by atoms with Gasteiger partial charge in [-0.3, -0.25) is 4.79 Å². The molecule has 1 aliphatic heterocycles. The van der Waals surface area contributed by atoms with Gasteiger partial charge < -0.3 is 14.5 Å². The van der Waals surface area contributed by atoms with Crippen molar-refractivity contribution in [2.24, 2.45) is 5.92 Å². The van der Waals surface area contributed by atoms with Gasteiger partial charge in [-0.1, -0.05) is 30.3 Å². The summed E-state index contributed by atoms with van der Waals surface area (Å²) in [6.45, 7) is 7.50. The summed E-state index contributed by atoms with van der Waals surface area (Å²) in [4.78, 5) is 33.2. The fraction of sp³-hybridized carbons (Fsp3) is 0.500. The van der Waals surface area contributed by atoms with Crippen molar-refractivity contribution in [2.45, 2.75) is 39.2 Å². The Morgan fingerprint density at radius 2 is 2.00 bits per heavy atom. The minimum atomic E-state index is -0.513. The molecule has 0 N–H and O–H groups in total. The van der Waals surface area contributed by atoms with Crippen LogP contribution >= 0.6 is 11.3 Å². The molecule has 7 heteroatoms. The molecule has 2 heterocycles. The summed E-state index contributed by atoms with van der Waals surface area (Å²) >= 11 is 1.49. The van der Waals surface area contributed by atoms with E-state index in [-0.39, 0.29) is 17.9 Å². The fourth-order valence-electron chi connectivity index (χ4n) is 3.45. The number of aromatic nitrogens is 1. The highest BCUT2D eigenvalue weighted by atomic mass is 32.1. The van der Waals surface area contributed by atoms with Crippen LogP contribution in [0.2, 0.25) is 0 Å². The van der Waals surface area contributed by atoms with Gasteiger partial charge in [0.15, 0.2) is 0 Å². The van der Waals surface area contributed by atoms with E-state index < -0.39 is 5.60 Å². The Hall–Kier alpha value is -2.41. The predicted octanol–water partition coefficient (Wildman–Crippen LogP) is 4.53. The summed E-state index contributed by atoms with van der Waals surface area (Å²) < 4.78 is 5.43. The zero-order valence-corrected chi connectivity index (χ0v) is 18.4. The second-order valence-electron chi connectivity index (χ2n) is 8.52. The van der Waals surface area contributed by atoms with Crippen LogP contribution in [0.4, 0.5) is 4.79 Å². The molecule has 29 heavy (non-hydrogen) atoms. The molecule has 0 radical (unpaired) electrons. The summed E-state index contributed by atoms with van der Waals surface area (Å²) in [6.07, 6.45) is 1.59. The largest absolute Gasteiger partial charge is 0.444 e. The van der Waals surface area contributed by atoms with Gasteiger partial charge in [-0.25, -0.2) is 9.78 Å². The number of hydrogen-bond donors (Lipinski definition) is 0. The number of hydrogen-bond acceptors (Lipinski definition) is 5. The molecule has 2 amide bonds. The van der Waals surface area contributed by atoms with E-state index >= 15 is 0 Å². The maximum absolute atomic E-state index is 13.0. The Labute approximate surface area is 176 Å². The zero-order valence-electron chi connectivity index (χ0n) is 17.6. The maximum Gasteiger partial charge on any atom is 0.410 e. The molecule has 3 rings (SSSR count). The molecule has 0 bridgehead atoms. The minimum absolute atomic E-state index is 0.0342. The summed E-state index contributed by atoms with van der Waals surface area (Å²) in [5, 5.41) is 2.69.